The van der Waals surface area contributed by atoms with Gasteiger partial charge in [0, 0.05) is 10.9 Å². The van der Waals surface area contributed by atoms with Crippen LogP contribution in [0.25, 0.3) is 0 Å². The molecule has 1 aromatic rings. The lowest BCUT2D eigenvalue weighted by Gasteiger charge is -2.20. The van der Waals surface area contributed by atoms with E-state index in [9.17, 15) is 4.21 Å². The molecule has 0 spiro atoms. The van der Waals surface area contributed by atoms with Gasteiger partial charge in [0.2, 0.25) is 0 Å². The first-order valence-corrected chi connectivity index (χ1v) is 8.10. The van der Waals surface area contributed by atoms with Crippen molar-refractivity contribution < 1.29 is 4.21 Å². The van der Waals surface area contributed by atoms with Crippen molar-refractivity contribution in [3.63, 3.8) is 0 Å². The van der Waals surface area contributed by atoms with Gasteiger partial charge in [-0.15, -0.1) is 0 Å². The van der Waals surface area contributed by atoms with E-state index in [1.807, 2.05) is 0 Å². The SMILES string of the molecule is CCNC(C)C(C)S(=O)c1ccc2c(c1)CCC2. The minimum Gasteiger partial charge on any atom is -0.313 e. The van der Waals surface area contributed by atoms with Crippen molar-refractivity contribution in [3.05, 3.63) is 29.3 Å². The highest BCUT2D eigenvalue weighted by molar-refractivity contribution is 7.85. The number of nitrogens with one attached hydrogen (secondary N) is 1. The number of benzene rings is 1. The lowest BCUT2D eigenvalue weighted by molar-refractivity contribution is 0.550. The number of rotatable bonds is 5. The first kappa shape index (κ1) is 13.8. The van der Waals surface area contributed by atoms with E-state index in [0.29, 0.717) is 0 Å². The molecule has 0 saturated carbocycles. The highest BCUT2D eigenvalue weighted by atomic mass is 32.2. The van der Waals surface area contributed by atoms with Gasteiger partial charge in [0.25, 0.3) is 0 Å². The van der Waals surface area contributed by atoms with E-state index < -0.39 is 10.8 Å². The summed E-state index contributed by atoms with van der Waals surface area (Å²) in [6.07, 6.45) is 3.58. The quantitative estimate of drug-likeness (QED) is 0.887. The molecule has 3 heteroatoms. The summed E-state index contributed by atoms with van der Waals surface area (Å²) >= 11 is 0. The molecule has 0 radical (unpaired) electrons. The van der Waals surface area contributed by atoms with Crippen molar-refractivity contribution in [2.75, 3.05) is 6.54 Å². The Bertz CT molecular complexity index is 444. The fourth-order valence-electron chi connectivity index (χ4n) is 2.56. The number of fused-ring (bicyclic) bond motifs is 1. The number of hydrogen-bond donors (Lipinski definition) is 1. The molecule has 0 heterocycles. The lowest BCUT2D eigenvalue weighted by Crippen LogP contribution is -2.37. The Kier molecular flexibility index (Phi) is 4.57. The van der Waals surface area contributed by atoms with Gasteiger partial charge in [0.05, 0.1) is 16.0 Å². The van der Waals surface area contributed by atoms with Crippen molar-refractivity contribution in [2.24, 2.45) is 0 Å². The van der Waals surface area contributed by atoms with Crippen LogP contribution < -0.4 is 5.32 Å². The van der Waals surface area contributed by atoms with Crippen LogP contribution in [0, 0.1) is 0 Å². The molecule has 0 amide bonds. The first-order valence-electron chi connectivity index (χ1n) is 6.89. The molecule has 0 saturated heterocycles. The number of hydrogen-bond acceptors (Lipinski definition) is 2. The second-order valence-corrected chi connectivity index (χ2v) is 6.94. The van der Waals surface area contributed by atoms with E-state index in [2.05, 4.69) is 44.3 Å². The van der Waals surface area contributed by atoms with E-state index in [1.165, 1.54) is 24.0 Å². The molecule has 0 aromatic heterocycles. The van der Waals surface area contributed by atoms with Gasteiger partial charge in [-0.05, 0) is 62.9 Å². The van der Waals surface area contributed by atoms with E-state index >= 15 is 0 Å². The van der Waals surface area contributed by atoms with Crippen LogP contribution in [0.4, 0.5) is 0 Å². The standard InChI is InChI=1S/C15H23NOS/c1-4-16-11(2)12(3)18(17)15-9-8-13-6-5-7-14(13)10-15/h8-12,16H,4-7H2,1-3H3. The highest BCUT2D eigenvalue weighted by Gasteiger charge is 2.21. The van der Waals surface area contributed by atoms with Gasteiger partial charge in [-0.2, -0.15) is 0 Å². The second-order valence-electron chi connectivity index (χ2n) is 5.13. The largest absolute Gasteiger partial charge is 0.313 e. The molecular weight excluding hydrogens is 242 g/mol. The molecule has 3 atom stereocenters. The third kappa shape index (κ3) is 2.83. The molecule has 1 aliphatic carbocycles. The summed E-state index contributed by atoms with van der Waals surface area (Å²) in [6, 6.07) is 6.66. The summed E-state index contributed by atoms with van der Waals surface area (Å²) in [4.78, 5) is 0.993. The van der Waals surface area contributed by atoms with Crippen LogP contribution in [0.2, 0.25) is 0 Å². The van der Waals surface area contributed by atoms with Crippen molar-refractivity contribution in [2.45, 2.75) is 56.2 Å². The summed E-state index contributed by atoms with van der Waals surface area (Å²) in [6.45, 7) is 7.19. The molecule has 3 unspecified atom stereocenters. The van der Waals surface area contributed by atoms with Gasteiger partial charge >= 0.3 is 0 Å². The third-order valence-electron chi connectivity index (χ3n) is 3.87. The molecule has 1 N–H and O–H groups in total. The molecule has 2 nitrogen and oxygen atoms in total. The van der Waals surface area contributed by atoms with Crippen LogP contribution in [0.15, 0.2) is 23.1 Å². The minimum absolute atomic E-state index is 0.143. The molecule has 0 aliphatic heterocycles. The third-order valence-corrected chi connectivity index (χ3v) is 5.67. The molecule has 0 fully saturated rings. The van der Waals surface area contributed by atoms with Crippen molar-refractivity contribution in [1.29, 1.82) is 0 Å². The van der Waals surface area contributed by atoms with Gasteiger partial charge in [0.1, 0.15) is 0 Å². The minimum atomic E-state index is -0.915. The van der Waals surface area contributed by atoms with Gasteiger partial charge < -0.3 is 5.32 Å². The Morgan fingerprint density at radius 1 is 1.28 bits per heavy atom. The Balaban J connectivity index is 2.13. The van der Waals surface area contributed by atoms with Gasteiger partial charge in [0.15, 0.2) is 0 Å². The summed E-state index contributed by atoms with van der Waals surface area (Å²) < 4.78 is 12.5. The predicted molar refractivity (Wildman–Crippen MR) is 77.5 cm³/mol. The zero-order valence-electron chi connectivity index (χ0n) is 11.5. The fraction of sp³-hybridized carbons (Fsp3) is 0.600. The molecule has 2 rings (SSSR count). The fourth-order valence-corrected chi connectivity index (χ4v) is 3.92. The van der Waals surface area contributed by atoms with Crippen molar-refractivity contribution in [1.82, 2.24) is 5.32 Å². The van der Waals surface area contributed by atoms with Crippen molar-refractivity contribution >= 4 is 10.8 Å². The van der Waals surface area contributed by atoms with E-state index in [-0.39, 0.29) is 11.3 Å². The van der Waals surface area contributed by atoms with Crippen LogP contribution in [-0.4, -0.2) is 22.0 Å². The zero-order valence-corrected chi connectivity index (χ0v) is 12.3. The van der Waals surface area contributed by atoms with Crippen LogP contribution >= 0.6 is 0 Å². The van der Waals surface area contributed by atoms with E-state index in [0.717, 1.165) is 17.9 Å². The van der Waals surface area contributed by atoms with E-state index in [4.69, 9.17) is 0 Å². The lowest BCUT2D eigenvalue weighted by atomic mass is 10.1. The molecular formula is C15H23NOS. The van der Waals surface area contributed by atoms with Crippen LogP contribution in [0.5, 0.6) is 0 Å². The smallest absolute Gasteiger partial charge is 0.0573 e. The highest BCUT2D eigenvalue weighted by Crippen LogP contribution is 2.25. The molecule has 100 valence electrons. The average molecular weight is 265 g/mol. The maximum atomic E-state index is 12.5. The van der Waals surface area contributed by atoms with E-state index in [1.54, 1.807) is 0 Å². The summed E-state index contributed by atoms with van der Waals surface area (Å²) in [5, 5.41) is 3.50. The number of aryl methyl sites for hydroxylation is 2. The Labute approximate surface area is 113 Å². The first-order chi connectivity index (χ1) is 8.63. The molecule has 0 bridgehead atoms. The topological polar surface area (TPSA) is 29.1 Å². The van der Waals surface area contributed by atoms with Crippen molar-refractivity contribution in [3.8, 4) is 0 Å². The second kappa shape index (κ2) is 5.98. The zero-order chi connectivity index (χ0) is 13.1. The summed E-state index contributed by atoms with van der Waals surface area (Å²) in [5.41, 5.74) is 2.85. The molecule has 18 heavy (non-hydrogen) atoms. The Morgan fingerprint density at radius 2 is 2.00 bits per heavy atom. The normalized spacial score (nSPS) is 19.3. The monoisotopic (exact) mass is 265 g/mol. The van der Waals surface area contributed by atoms with Gasteiger partial charge in [-0.1, -0.05) is 13.0 Å². The summed E-state index contributed by atoms with van der Waals surface area (Å²) in [5.74, 6) is 0. The van der Waals surface area contributed by atoms with Gasteiger partial charge in [-0.25, -0.2) is 0 Å². The van der Waals surface area contributed by atoms with Gasteiger partial charge in [-0.3, -0.25) is 4.21 Å². The van der Waals surface area contributed by atoms with Crippen LogP contribution in [0.1, 0.15) is 38.3 Å². The molecule has 1 aliphatic rings. The Morgan fingerprint density at radius 3 is 2.72 bits per heavy atom. The maximum Gasteiger partial charge on any atom is 0.0573 e. The Hall–Kier alpha value is -0.670. The molecule has 1 aromatic carbocycles. The average Bonchev–Trinajstić information content (AvgIpc) is 2.84. The van der Waals surface area contributed by atoms with Crippen LogP contribution in [-0.2, 0) is 23.6 Å². The summed E-state index contributed by atoms with van der Waals surface area (Å²) in [7, 11) is -0.915. The predicted octanol–water partition coefficient (Wildman–Crippen LogP) is 2.67. The van der Waals surface area contributed by atoms with Crippen LogP contribution in [0.3, 0.4) is 0 Å². The maximum absolute atomic E-state index is 12.5.